The molecule has 1 aliphatic rings. The van der Waals surface area contributed by atoms with Gasteiger partial charge in [-0.15, -0.1) is 0 Å². The number of nitrogens with one attached hydrogen (secondary N) is 1. The normalized spacial score (nSPS) is 14.5. The first-order valence-corrected chi connectivity index (χ1v) is 16.4. The molecule has 0 saturated carbocycles. The Balaban J connectivity index is 1.40. The Morgan fingerprint density at radius 1 is 0.396 bits per heavy atom. The van der Waals surface area contributed by atoms with Gasteiger partial charge >= 0.3 is 0 Å². The molecule has 1 atom stereocenters. The van der Waals surface area contributed by atoms with Crippen LogP contribution in [0.5, 0.6) is 0 Å². The first-order valence-electron chi connectivity index (χ1n) is 16.4. The molecule has 8 aromatic rings. The molecule has 226 valence electrons. The van der Waals surface area contributed by atoms with Crippen LogP contribution in [0.25, 0.3) is 54.6 Å². The third-order valence-electron chi connectivity index (χ3n) is 9.31. The number of aliphatic imine (C=N–C) groups is 2. The summed E-state index contributed by atoms with van der Waals surface area (Å²) in [5.74, 6) is 1.52. The van der Waals surface area contributed by atoms with Gasteiger partial charge in [0.2, 0.25) is 0 Å². The molecule has 1 aliphatic heterocycles. The lowest BCUT2D eigenvalue weighted by Gasteiger charge is -2.25. The first kappa shape index (κ1) is 27.9. The summed E-state index contributed by atoms with van der Waals surface area (Å²) < 4.78 is 0. The Morgan fingerprint density at radius 3 is 1.56 bits per heavy atom. The van der Waals surface area contributed by atoms with Gasteiger partial charge in [0, 0.05) is 16.5 Å². The van der Waals surface area contributed by atoms with Crippen LogP contribution < -0.4 is 5.32 Å². The summed E-state index contributed by atoms with van der Waals surface area (Å²) in [6.07, 6.45) is -0.295. The predicted octanol–water partition coefficient (Wildman–Crippen LogP) is 11.0. The molecule has 0 saturated heterocycles. The molecule has 1 heterocycles. The van der Waals surface area contributed by atoms with Crippen molar-refractivity contribution in [2.24, 2.45) is 9.98 Å². The summed E-state index contributed by atoms with van der Waals surface area (Å²) in [6, 6.07) is 62.3. The zero-order valence-electron chi connectivity index (χ0n) is 26.2. The van der Waals surface area contributed by atoms with Crippen molar-refractivity contribution >= 4 is 44.0 Å². The van der Waals surface area contributed by atoms with Gasteiger partial charge in [-0.1, -0.05) is 164 Å². The van der Waals surface area contributed by atoms with Gasteiger partial charge in [0.25, 0.3) is 0 Å². The minimum Gasteiger partial charge on any atom is -0.344 e. The minimum atomic E-state index is -0.295. The molecule has 0 amide bonds. The van der Waals surface area contributed by atoms with Gasteiger partial charge in [-0.25, -0.2) is 9.98 Å². The van der Waals surface area contributed by atoms with Crippen LogP contribution in [0.2, 0.25) is 0 Å². The van der Waals surface area contributed by atoms with Gasteiger partial charge < -0.3 is 5.32 Å². The van der Waals surface area contributed by atoms with Gasteiger partial charge in [-0.05, 0) is 66.9 Å². The van der Waals surface area contributed by atoms with Gasteiger partial charge in [0.05, 0.1) is 0 Å². The average molecular weight is 614 g/mol. The second-order valence-corrected chi connectivity index (χ2v) is 12.2. The van der Waals surface area contributed by atoms with E-state index in [0.29, 0.717) is 5.84 Å². The smallest absolute Gasteiger partial charge is 0.160 e. The molecule has 1 N–H and O–H groups in total. The maximum Gasteiger partial charge on any atom is 0.160 e. The molecular formula is C45H31N3. The van der Waals surface area contributed by atoms with E-state index in [1.54, 1.807) is 0 Å². The van der Waals surface area contributed by atoms with Crippen LogP contribution in [0.1, 0.15) is 22.9 Å². The highest BCUT2D eigenvalue weighted by Gasteiger charge is 2.24. The highest BCUT2D eigenvalue weighted by Crippen LogP contribution is 2.42. The summed E-state index contributed by atoms with van der Waals surface area (Å²) in [6.45, 7) is 0. The fourth-order valence-electron chi connectivity index (χ4n) is 7.09. The number of benzene rings is 8. The largest absolute Gasteiger partial charge is 0.344 e. The number of nitrogens with zero attached hydrogens (tertiary/aromatic N) is 2. The van der Waals surface area contributed by atoms with Crippen molar-refractivity contribution in [3.63, 3.8) is 0 Å². The number of fused-ring (bicyclic) bond motifs is 6. The third kappa shape index (κ3) is 4.85. The fraction of sp³-hybridized carbons (Fsp3) is 0.0222. The summed E-state index contributed by atoms with van der Waals surface area (Å²) in [7, 11) is 0. The summed E-state index contributed by atoms with van der Waals surface area (Å²) in [5, 5.41) is 10.9. The second-order valence-electron chi connectivity index (χ2n) is 12.2. The highest BCUT2D eigenvalue weighted by atomic mass is 15.2. The first-order chi connectivity index (χ1) is 23.8. The van der Waals surface area contributed by atoms with Gasteiger partial charge in [-0.2, -0.15) is 0 Å². The number of hydrogen-bond donors (Lipinski definition) is 1. The van der Waals surface area contributed by atoms with Gasteiger partial charge in [-0.3, -0.25) is 0 Å². The van der Waals surface area contributed by atoms with E-state index in [-0.39, 0.29) is 6.17 Å². The predicted molar refractivity (Wildman–Crippen MR) is 202 cm³/mol. The molecule has 8 aromatic carbocycles. The van der Waals surface area contributed by atoms with Crippen molar-refractivity contribution in [1.29, 1.82) is 0 Å². The van der Waals surface area contributed by atoms with Crippen LogP contribution in [-0.4, -0.2) is 11.7 Å². The van der Waals surface area contributed by atoms with Crippen LogP contribution in [0, 0.1) is 0 Å². The van der Waals surface area contributed by atoms with Crippen molar-refractivity contribution in [1.82, 2.24) is 5.32 Å². The van der Waals surface area contributed by atoms with Crippen molar-refractivity contribution in [3.05, 3.63) is 193 Å². The SMILES string of the molecule is c1ccc(C2=NC(c3cc(-c4ccccc4-c4ccccc4)cc4c5ccccc5c5ccccc5c34)=NC(c3ccccc3)N2)cc1. The van der Waals surface area contributed by atoms with E-state index in [1.165, 1.54) is 43.6 Å². The number of amidine groups is 2. The van der Waals surface area contributed by atoms with Crippen molar-refractivity contribution < 1.29 is 0 Å². The summed E-state index contributed by atoms with van der Waals surface area (Å²) in [4.78, 5) is 10.7. The van der Waals surface area contributed by atoms with Crippen LogP contribution in [0.15, 0.2) is 186 Å². The van der Waals surface area contributed by atoms with E-state index in [1.807, 2.05) is 12.1 Å². The molecule has 0 bridgehead atoms. The van der Waals surface area contributed by atoms with Crippen LogP contribution >= 0.6 is 0 Å². The van der Waals surface area contributed by atoms with E-state index < -0.39 is 0 Å². The molecule has 9 rings (SSSR count). The van der Waals surface area contributed by atoms with E-state index in [4.69, 9.17) is 9.98 Å². The molecule has 48 heavy (non-hydrogen) atoms. The Kier molecular flexibility index (Phi) is 6.87. The quantitative estimate of drug-likeness (QED) is 0.193. The molecule has 0 radical (unpaired) electrons. The summed E-state index contributed by atoms with van der Waals surface area (Å²) in [5.41, 5.74) is 7.81. The maximum atomic E-state index is 5.37. The van der Waals surface area contributed by atoms with E-state index in [9.17, 15) is 0 Å². The van der Waals surface area contributed by atoms with Crippen LogP contribution in [0.4, 0.5) is 0 Å². The molecule has 0 aliphatic carbocycles. The maximum absolute atomic E-state index is 5.37. The van der Waals surface area contributed by atoms with Gasteiger partial charge in [0.15, 0.2) is 5.84 Å². The van der Waals surface area contributed by atoms with Crippen LogP contribution in [-0.2, 0) is 0 Å². The molecular weight excluding hydrogens is 583 g/mol. The van der Waals surface area contributed by atoms with Crippen molar-refractivity contribution in [2.45, 2.75) is 6.17 Å². The molecule has 1 unspecified atom stereocenters. The lowest BCUT2D eigenvalue weighted by Crippen LogP contribution is -2.33. The third-order valence-corrected chi connectivity index (χ3v) is 9.31. The molecule has 3 nitrogen and oxygen atoms in total. The molecule has 0 fully saturated rings. The zero-order valence-corrected chi connectivity index (χ0v) is 26.2. The Hall–Kier alpha value is -6.32. The monoisotopic (exact) mass is 613 g/mol. The van der Waals surface area contributed by atoms with Crippen LogP contribution in [0.3, 0.4) is 0 Å². The number of hydrogen-bond acceptors (Lipinski definition) is 3. The average Bonchev–Trinajstić information content (AvgIpc) is 3.18. The Labute approximate surface area is 279 Å². The lowest BCUT2D eigenvalue weighted by molar-refractivity contribution is 0.674. The molecule has 0 spiro atoms. The lowest BCUT2D eigenvalue weighted by atomic mass is 9.87. The van der Waals surface area contributed by atoms with E-state index in [0.717, 1.165) is 33.5 Å². The van der Waals surface area contributed by atoms with E-state index >= 15 is 0 Å². The summed E-state index contributed by atoms with van der Waals surface area (Å²) >= 11 is 0. The van der Waals surface area contributed by atoms with Crippen molar-refractivity contribution in [3.8, 4) is 22.3 Å². The van der Waals surface area contributed by atoms with E-state index in [2.05, 4.69) is 169 Å². The zero-order chi connectivity index (χ0) is 31.9. The molecule has 3 heteroatoms. The number of rotatable bonds is 5. The van der Waals surface area contributed by atoms with Gasteiger partial charge in [0.1, 0.15) is 12.0 Å². The standard InChI is InChI=1S/C45H31N3/c1-4-16-30(17-5-1)34-22-10-11-23-35(34)33-28-40-38-26-13-12-24-36(38)37-25-14-15-27-39(37)42(40)41(29-33)45-47-43(31-18-6-2-7-19-31)46-44(48-45)32-20-8-3-9-21-32/h1-29,43H,(H,46,47,48). The Bertz CT molecular complexity index is 2520. The fourth-order valence-corrected chi connectivity index (χ4v) is 7.09. The van der Waals surface area contributed by atoms with Crippen molar-refractivity contribution in [2.75, 3.05) is 0 Å². The topological polar surface area (TPSA) is 36.8 Å². The molecule has 0 aromatic heterocycles. The highest BCUT2D eigenvalue weighted by molar-refractivity contribution is 6.31. The minimum absolute atomic E-state index is 0.295. The second kappa shape index (κ2) is 11.8. The Morgan fingerprint density at radius 2 is 0.896 bits per heavy atom.